The summed E-state index contributed by atoms with van der Waals surface area (Å²) in [6.07, 6.45) is 3.60. The molecule has 3 aromatic rings. The third kappa shape index (κ3) is 2.81. The molecule has 1 heterocycles. The van der Waals surface area contributed by atoms with Crippen LogP contribution in [0.15, 0.2) is 36.4 Å². The van der Waals surface area contributed by atoms with Gasteiger partial charge in [-0.1, -0.05) is 18.2 Å². The van der Waals surface area contributed by atoms with Gasteiger partial charge in [0.2, 0.25) is 0 Å². The topological polar surface area (TPSA) is 84.4 Å². The van der Waals surface area contributed by atoms with Crippen molar-refractivity contribution in [1.29, 1.82) is 0 Å². The monoisotopic (exact) mass is 324 g/mol. The number of nitrogens with one attached hydrogen (secondary N) is 1. The maximum Gasteiger partial charge on any atom is 0.337 e. The predicted octanol–water partition coefficient (Wildman–Crippen LogP) is 3.45. The van der Waals surface area contributed by atoms with Gasteiger partial charge in [-0.15, -0.1) is 0 Å². The fraction of sp³-hybridized carbons (Fsp3) is 0.111. The zero-order valence-electron chi connectivity index (χ0n) is 13.2. The second-order valence-electron chi connectivity index (χ2n) is 5.05. The van der Waals surface area contributed by atoms with Crippen LogP contribution in [-0.2, 0) is 0 Å². The lowest BCUT2D eigenvalue weighted by Crippen LogP contribution is -1.96. The van der Waals surface area contributed by atoms with E-state index in [9.17, 15) is 9.90 Å². The molecule has 2 aromatic carbocycles. The van der Waals surface area contributed by atoms with Crippen molar-refractivity contribution in [2.75, 3.05) is 14.2 Å². The highest BCUT2D eigenvalue weighted by atomic mass is 16.5. The number of imidazole rings is 1. The molecule has 0 fully saturated rings. The normalized spacial score (nSPS) is 11.1. The molecular formula is C18H16N2O4. The number of H-pyrrole nitrogens is 1. The van der Waals surface area contributed by atoms with Crippen molar-refractivity contribution in [3.05, 3.63) is 53.3 Å². The summed E-state index contributed by atoms with van der Waals surface area (Å²) in [7, 11) is 3.16. The zero-order valence-corrected chi connectivity index (χ0v) is 13.2. The summed E-state index contributed by atoms with van der Waals surface area (Å²) in [6, 6.07) is 10.6. The molecule has 24 heavy (non-hydrogen) atoms. The second kappa shape index (κ2) is 6.45. The summed E-state index contributed by atoms with van der Waals surface area (Å²) in [5, 5.41) is 9.22. The fourth-order valence-electron chi connectivity index (χ4n) is 2.51. The molecular weight excluding hydrogens is 308 g/mol. The third-order valence-electron chi connectivity index (χ3n) is 3.62. The van der Waals surface area contributed by atoms with Crippen molar-refractivity contribution in [3.63, 3.8) is 0 Å². The highest BCUT2D eigenvalue weighted by Crippen LogP contribution is 2.31. The highest BCUT2D eigenvalue weighted by Gasteiger charge is 2.12. The summed E-state index contributed by atoms with van der Waals surface area (Å²) in [5.74, 6) is 0.816. The van der Waals surface area contributed by atoms with E-state index in [0.717, 1.165) is 5.56 Å². The van der Waals surface area contributed by atoms with E-state index in [1.54, 1.807) is 32.4 Å². The lowest BCUT2D eigenvalue weighted by molar-refractivity contribution is 0.0699. The smallest absolute Gasteiger partial charge is 0.337 e. The predicted molar refractivity (Wildman–Crippen MR) is 91.5 cm³/mol. The number of para-hydroxylation sites is 2. The fourth-order valence-corrected chi connectivity index (χ4v) is 2.51. The van der Waals surface area contributed by atoms with Gasteiger partial charge in [-0.25, -0.2) is 9.78 Å². The van der Waals surface area contributed by atoms with Crippen molar-refractivity contribution in [2.45, 2.75) is 0 Å². The molecule has 0 saturated carbocycles. The molecule has 1 aromatic heterocycles. The van der Waals surface area contributed by atoms with Crippen molar-refractivity contribution in [1.82, 2.24) is 9.97 Å². The van der Waals surface area contributed by atoms with E-state index in [4.69, 9.17) is 9.47 Å². The average Bonchev–Trinajstić information content (AvgIpc) is 3.02. The number of aromatic carboxylic acids is 1. The van der Waals surface area contributed by atoms with Gasteiger partial charge in [-0.3, -0.25) is 0 Å². The van der Waals surface area contributed by atoms with Gasteiger partial charge < -0.3 is 19.6 Å². The number of ether oxygens (including phenoxy) is 2. The Kier molecular flexibility index (Phi) is 4.20. The van der Waals surface area contributed by atoms with Gasteiger partial charge in [0, 0.05) is 5.56 Å². The maximum atomic E-state index is 11.3. The zero-order chi connectivity index (χ0) is 17.1. The van der Waals surface area contributed by atoms with E-state index in [2.05, 4.69) is 9.97 Å². The van der Waals surface area contributed by atoms with Crippen LogP contribution in [0.2, 0.25) is 0 Å². The molecule has 3 rings (SSSR count). The van der Waals surface area contributed by atoms with Gasteiger partial charge in [-0.05, 0) is 30.4 Å². The van der Waals surface area contributed by atoms with E-state index in [1.165, 1.54) is 6.07 Å². The molecule has 122 valence electrons. The Labute approximate surface area is 138 Å². The minimum Gasteiger partial charge on any atom is -0.493 e. The standard InChI is InChI=1S/C18H16N2O4/c1-23-14-8-3-5-11(17(14)24-2)9-10-15-19-13-7-4-6-12(18(21)22)16(13)20-15/h3-10H,1-2H3,(H,19,20)(H,21,22)/b10-9+. The van der Waals surface area contributed by atoms with Crippen LogP contribution in [0.3, 0.4) is 0 Å². The maximum absolute atomic E-state index is 11.3. The molecule has 0 aliphatic rings. The number of hydrogen-bond donors (Lipinski definition) is 2. The van der Waals surface area contributed by atoms with Crippen LogP contribution < -0.4 is 9.47 Å². The van der Waals surface area contributed by atoms with Crippen LogP contribution in [0.5, 0.6) is 11.5 Å². The van der Waals surface area contributed by atoms with E-state index in [1.807, 2.05) is 24.3 Å². The summed E-state index contributed by atoms with van der Waals surface area (Å²) < 4.78 is 10.7. The number of aromatic amines is 1. The van der Waals surface area contributed by atoms with E-state index < -0.39 is 5.97 Å². The molecule has 6 nitrogen and oxygen atoms in total. The first kappa shape index (κ1) is 15.6. The van der Waals surface area contributed by atoms with Crippen molar-refractivity contribution in [2.24, 2.45) is 0 Å². The number of nitrogens with zero attached hydrogens (tertiary/aromatic N) is 1. The van der Waals surface area contributed by atoms with Gasteiger partial charge >= 0.3 is 5.97 Å². The third-order valence-corrected chi connectivity index (χ3v) is 3.62. The molecule has 0 saturated heterocycles. The molecule has 2 N–H and O–H groups in total. The van der Waals surface area contributed by atoms with E-state index in [-0.39, 0.29) is 5.56 Å². The van der Waals surface area contributed by atoms with Gasteiger partial charge in [0.25, 0.3) is 0 Å². The quantitative estimate of drug-likeness (QED) is 0.751. The van der Waals surface area contributed by atoms with Gasteiger partial charge in [0.05, 0.1) is 25.3 Å². The average molecular weight is 324 g/mol. The summed E-state index contributed by atoms with van der Waals surface area (Å²) >= 11 is 0. The van der Waals surface area contributed by atoms with E-state index >= 15 is 0 Å². The molecule has 6 heteroatoms. The Morgan fingerprint density at radius 3 is 2.62 bits per heavy atom. The SMILES string of the molecule is COc1cccc(/C=C/c2nc3c(C(=O)O)cccc3[nH]2)c1OC. The van der Waals surface area contributed by atoms with Gasteiger partial charge in [0.15, 0.2) is 11.5 Å². The summed E-state index contributed by atoms with van der Waals surface area (Å²) in [4.78, 5) is 18.7. The Balaban J connectivity index is 2.00. The van der Waals surface area contributed by atoms with Crippen LogP contribution in [0.1, 0.15) is 21.7 Å². The number of rotatable bonds is 5. The second-order valence-corrected chi connectivity index (χ2v) is 5.05. The number of methoxy groups -OCH3 is 2. The molecule has 0 amide bonds. The molecule has 0 radical (unpaired) electrons. The number of hydrogen-bond acceptors (Lipinski definition) is 4. The van der Waals surface area contributed by atoms with Crippen molar-refractivity contribution >= 4 is 29.2 Å². The van der Waals surface area contributed by atoms with Crippen LogP contribution in [-0.4, -0.2) is 35.3 Å². The first-order valence-corrected chi connectivity index (χ1v) is 7.25. The molecule has 0 spiro atoms. The number of carbonyl (C=O) groups is 1. The minimum absolute atomic E-state index is 0.169. The van der Waals surface area contributed by atoms with Crippen LogP contribution >= 0.6 is 0 Å². The Hall–Kier alpha value is -3.28. The minimum atomic E-state index is -1.00. The largest absolute Gasteiger partial charge is 0.493 e. The van der Waals surface area contributed by atoms with Gasteiger partial charge in [0.1, 0.15) is 11.3 Å². The Bertz CT molecular complexity index is 928. The lowest BCUT2D eigenvalue weighted by atomic mass is 10.1. The highest BCUT2D eigenvalue weighted by molar-refractivity contribution is 6.01. The molecule has 0 atom stereocenters. The first-order chi connectivity index (χ1) is 11.6. The number of aromatic nitrogens is 2. The number of benzene rings is 2. The number of fused-ring (bicyclic) bond motifs is 1. The molecule has 0 unspecified atom stereocenters. The summed E-state index contributed by atoms with van der Waals surface area (Å²) in [6.45, 7) is 0. The van der Waals surface area contributed by atoms with Crippen LogP contribution in [0, 0.1) is 0 Å². The van der Waals surface area contributed by atoms with Crippen molar-refractivity contribution in [3.8, 4) is 11.5 Å². The lowest BCUT2D eigenvalue weighted by Gasteiger charge is -2.09. The van der Waals surface area contributed by atoms with Crippen LogP contribution in [0.25, 0.3) is 23.2 Å². The first-order valence-electron chi connectivity index (χ1n) is 7.25. The Morgan fingerprint density at radius 2 is 1.92 bits per heavy atom. The molecule has 0 aliphatic carbocycles. The Morgan fingerprint density at radius 1 is 1.12 bits per heavy atom. The molecule has 0 aliphatic heterocycles. The van der Waals surface area contributed by atoms with Crippen LogP contribution in [0.4, 0.5) is 0 Å². The van der Waals surface area contributed by atoms with E-state index in [0.29, 0.717) is 28.4 Å². The van der Waals surface area contributed by atoms with Crippen molar-refractivity contribution < 1.29 is 19.4 Å². The van der Waals surface area contributed by atoms with Gasteiger partial charge in [-0.2, -0.15) is 0 Å². The number of carboxylic acid groups (broad SMARTS) is 1. The number of carboxylic acids is 1. The summed E-state index contributed by atoms with van der Waals surface area (Å²) in [5.41, 5.74) is 2.10. The molecule has 0 bridgehead atoms.